The van der Waals surface area contributed by atoms with Gasteiger partial charge in [-0.25, -0.2) is 9.13 Å². The van der Waals surface area contributed by atoms with Crippen molar-refractivity contribution in [3.8, 4) is 12.1 Å². The fourth-order valence-electron chi connectivity index (χ4n) is 2.40. The van der Waals surface area contributed by atoms with Gasteiger partial charge in [0, 0.05) is 25.0 Å². The van der Waals surface area contributed by atoms with E-state index in [0.29, 0.717) is 11.1 Å². The number of nitriles is 2. The zero-order valence-corrected chi connectivity index (χ0v) is 12.7. The second-order valence-corrected chi connectivity index (χ2v) is 5.30. The Hall–Kier alpha value is -2.72. The molecule has 0 saturated heterocycles. The summed E-state index contributed by atoms with van der Waals surface area (Å²) in [6.07, 6.45) is 12.4. The molecule has 0 unspecified atom stereocenters. The second kappa shape index (κ2) is 8.54. The third-order valence-electron chi connectivity index (χ3n) is 3.56. The summed E-state index contributed by atoms with van der Waals surface area (Å²) in [5.74, 6) is 0. The van der Waals surface area contributed by atoms with Crippen LogP contribution in [0.4, 0.5) is 0 Å². The normalized spacial score (nSPS) is 9.91. The van der Waals surface area contributed by atoms with Crippen LogP contribution in [0, 0.1) is 22.7 Å². The van der Waals surface area contributed by atoms with Crippen molar-refractivity contribution in [3.05, 3.63) is 60.2 Å². The summed E-state index contributed by atoms with van der Waals surface area (Å²) >= 11 is 0. The standard InChI is InChI=1S/C18H20N4/c19-13-17-7-5-11-21(15-17)9-3-1-2-4-10-22-12-6-8-18(14-20)16-22/h5-8,11-12,15-16H,1-4,9-10H2/q+2. The number of hydrogen-bond donors (Lipinski definition) is 0. The zero-order valence-electron chi connectivity index (χ0n) is 12.7. The molecule has 4 nitrogen and oxygen atoms in total. The highest BCUT2D eigenvalue weighted by Crippen LogP contribution is 2.01. The molecule has 2 heterocycles. The quantitative estimate of drug-likeness (QED) is 0.580. The van der Waals surface area contributed by atoms with E-state index < -0.39 is 0 Å². The SMILES string of the molecule is N#Cc1ccc[n+](CCCCCC[n+]2cccc(C#N)c2)c1. The van der Waals surface area contributed by atoms with Crippen LogP contribution in [0.1, 0.15) is 36.8 Å². The number of pyridine rings is 2. The molecular weight excluding hydrogens is 272 g/mol. The van der Waals surface area contributed by atoms with Gasteiger partial charge in [0.2, 0.25) is 0 Å². The van der Waals surface area contributed by atoms with Gasteiger partial charge >= 0.3 is 0 Å². The summed E-state index contributed by atoms with van der Waals surface area (Å²) in [5.41, 5.74) is 1.41. The minimum Gasteiger partial charge on any atom is -0.204 e. The van der Waals surface area contributed by atoms with E-state index in [1.165, 1.54) is 12.8 Å². The maximum absolute atomic E-state index is 8.86. The molecule has 0 spiro atoms. The number of aryl methyl sites for hydroxylation is 2. The van der Waals surface area contributed by atoms with Gasteiger partial charge in [0.25, 0.3) is 0 Å². The summed E-state index contributed by atoms with van der Waals surface area (Å²) in [6, 6.07) is 11.8. The highest BCUT2D eigenvalue weighted by molar-refractivity contribution is 5.22. The molecule has 0 atom stereocenters. The summed E-state index contributed by atoms with van der Waals surface area (Å²) in [5, 5.41) is 17.7. The molecule has 110 valence electrons. The van der Waals surface area contributed by atoms with Gasteiger partial charge in [-0.2, -0.15) is 10.5 Å². The van der Waals surface area contributed by atoms with Crippen molar-refractivity contribution in [1.82, 2.24) is 0 Å². The van der Waals surface area contributed by atoms with Gasteiger partial charge in [-0.3, -0.25) is 0 Å². The molecule has 0 amide bonds. The fourth-order valence-corrected chi connectivity index (χ4v) is 2.40. The largest absolute Gasteiger partial charge is 0.204 e. The van der Waals surface area contributed by atoms with Gasteiger partial charge in [0.1, 0.15) is 36.4 Å². The molecule has 0 N–H and O–H groups in total. The Bertz CT molecular complexity index is 633. The van der Waals surface area contributed by atoms with Crippen molar-refractivity contribution in [2.45, 2.75) is 38.8 Å². The third-order valence-corrected chi connectivity index (χ3v) is 3.56. The van der Waals surface area contributed by atoms with Crippen molar-refractivity contribution < 1.29 is 9.13 Å². The Morgan fingerprint density at radius 3 is 1.59 bits per heavy atom. The molecule has 0 bridgehead atoms. The number of hydrogen-bond acceptors (Lipinski definition) is 2. The molecular formula is C18H20N4+2. The van der Waals surface area contributed by atoms with Crippen LogP contribution in [-0.4, -0.2) is 0 Å². The summed E-state index contributed by atoms with van der Waals surface area (Å²) in [4.78, 5) is 0. The molecule has 0 aromatic carbocycles. The molecule has 0 fully saturated rings. The topological polar surface area (TPSA) is 55.3 Å². The lowest BCUT2D eigenvalue weighted by Gasteiger charge is -1.99. The molecule has 0 aliphatic carbocycles. The lowest BCUT2D eigenvalue weighted by atomic mass is 10.2. The van der Waals surface area contributed by atoms with Gasteiger partial charge in [0.15, 0.2) is 24.8 Å². The van der Waals surface area contributed by atoms with Gasteiger partial charge < -0.3 is 0 Å². The Morgan fingerprint density at radius 1 is 0.727 bits per heavy atom. The van der Waals surface area contributed by atoms with E-state index in [4.69, 9.17) is 10.5 Å². The first-order valence-electron chi connectivity index (χ1n) is 7.60. The molecule has 22 heavy (non-hydrogen) atoms. The molecule has 4 heteroatoms. The lowest BCUT2D eigenvalue weighted by molar-refractivity contribution is -0.699. The second-order valence-electron chi connectivity index (χ2n) is 5.30. The zero-order chi connectivity index (χ0) is 15.6. The van der Waals surface area contributed by atoms with Gasteiger partial charge in [-0.15, -0.1) is 0 Å². The van der Waals surface area contributed by atoms with Crippen LogP contribution in [0.5, 0.6) is 0 Å². The predicted octanol–water partition coefficient (Wildman–Crippen LogP) is 2.27. The third kappa shape index (κ3) is 5.00. The van der Waals surface area contributed by atoms with Crippen molar-refractivity contribution >= 4 is 0 Å². The van der Waals surface area contributed by atoms with Crippen molar-refractivity contribution in [3.63, 3.8) is 0 Å². The Morgan fingerprint density at radius 2 is 1.18 bits per heavy atom. The smallest absolute Gasteiger partial charge is 0.186 e. The minimum atomic E-state index is 0.705. The average molecular weight is 292 g/mol. The monoisotopic (exact) mass is 292 g/mol. The van der Waals surface area contributed by atoms with E-state index in [2.05, 4.69) is 21.3 Å². The molecule has 2 aromatic rings. The van der Waals surface area contributed by atoms with Crippen LogP contribution in [0.15, 0.2) is 49.1 Å². The molecule has 0 aliphatic heterocycles. The number of aromatic nitrogens is 2. The van der Waals surface area contributed by atoms with E-state index in [0.717, 1.165) is 25.9 Å². The highest BCUT2D eigenvalue weighted by atomic mass is 14.9. The minimum absolute atomic E-state index is 0.705. The van der Waals surface area contributed by atoms with Crippen LogP contribution in [0.25, 0.3) is 0 Å². The summed E-state index contributed by atoms with van der Waals surface area (Å²) < 4.78 is 4.15. The van der Waals surface area contributed by atoms with Crippen LogP contribution < -0.4 is 9.13 Å². The van der Waals surface area contributed by atoms with E-state index in [1.54, 1.807) is 0 Å². The van der Waals surface area contributed by atoms with E-state index in [-0.39, 0.29) is 0 Å². The highest BCUT2D eigenvalue weighted by Gasteiger charge is 2.04. The molecule has 2 rings (SSSR count). The number of nitrogens with zero attached hydrogens (tertiary/aromatic N) is 4. The van der Waals surface area contributed by atoms with E-state index >= 15 is 0 Å². The molecule has 0 aliphatic rings. The van der Waals surface area contributed by atoms with E-state index in [9.17, 15) is 0 Å². The predicted molar refractivity (Wildman–Crippen MR) is 81.2 cm³/mol. The molecule has 2 aromatic heterocycles. The number of rotatable bonds is 7. The van der Waals surface area contributed by atoms with E-state index in [1.807, 2.05) is 49.1 Å². The van der Waals surface area contributed by atoms with Crippen LogP contribution >= 0.6 is 0 Å². The molecule has 0 saturated carbocycles. The Balaban J connectivity index is 1.65. The fraction of sp³-hybridized carbons (Fsp3) is 0.333. The first-order valence-corrected chi connectivity index (χ1v) is 7.60. The Kier molecular flexibility index (Phi) is 6.08. The summed E-state index contributed by atoms with van der Waals surface area (Å²) in [6.45, 7) is 1.90. The summed E-state index contributed by atoms with van der Waals surface area (Å²) in [7, 11) is 0. The van der Waals surface area contributed by atoms with Gasteiger partial charge in [-0.1, -0.05) is 0 Å². The van der Waals surface area contributed by atoms with Crippen molar-refractivity contribution in [1.29, 1.82) is 10.5 Å². The maximum Gasteiger partial charge on any atom is 0.186 e. The first kappa shape index (κ1) is 15.7. The molecule has 0 radical (unpaired) electrons. The van der Waals surface area contributed by atoms with Gasteiger partial charge in [-0.05, 0) is 25.0 Å². The van der Waals surface area contributed by atoms with Gasteiger partial charge in [0.05, 0.1) is 0 Å². The lowest BCUT2D eigenvalue weighted by Crippen LogP contribution is -2.33. The van der Waals surface area contributed by atoms with Crippen molar-refractivity contribution in [2.24, 2.45) is 0 Å². The first-order chi connectivity index (χ1) is 10.8. The maximum atomic E-state index is 8.86. The number of unbranched alkanes of at least 4 members (excludes halogenated alkanes) is 3. The van der Waals surface area contributed by atoms with Crippen LogP contribution in [0.3, 0.4) is 0 Å². The van der Waals surface area contributed by atoms with Crippen molar-refractivity contribution in [2.75, 3.05) is 0 Å². The van der Waals surface area contributed by atoms with Crippen LogP contribution in [0.2, 0.25) is 0 Å². The Labute approximate surface area is 131 Å². The average Bonchev–Trinajstić information content (AvgIpc) is 2.58. The van der Waals surface area contributed by atoms with Crippen LogP contribution in [-0.2, 0) is 13.1 Å².